The van der Waals surface area contributed by atoms with Gasteiger partial charge in [0.05, 0.1) is 0 Å². The van der Waals surface area contributed by atoms with Crippen LogP contribution in [0.2, 0.25) is 0 Å². The molecule has 0 bridgehead atoms. The number of thiophene rings is 1. The summed E-state index contributed by atoms with van der Waals surface area (Å²) in [7, 11) is 0. The largest absolute Gasteiger partial charge is 0.149 e. The molecule has 1 aromatic rings. The number of rotatable bonds is 6. The minimum Gasteiger partial charge on any atom is -0.149 e. The van der Waals surface area contributed by atoms with Gasteiger partial charge in [0.2, 0.25) is 0 Å². The SMILES string of the molecule is CC(C)CCc1ccsc1CCC(C)C. The maximum absolute atomic E-state index is 2.32. The summed E-state index contributed by atoms with van der Waals surface area (Å²) in [4.78, 5) is 1.63. The highest BCUT2D eigenvalue weighted by Gasteiger charge is 2.06. The van der Waals surface area contributed by atoms with Crippen molar-refractivity contribution in [1.82, 2.24) is 0 Å². The van der Waals surface area contributed by atoms with Crippen LogP contribution in [0.25, 0.3) is 0 Å². The second kappa shape index (κ2) is 6.32. The highest BCUT2D eigenvalue weighted by atomic mass is 32.1. The van der Waals surface area contributed by atoms with Crippen molar-refractivity contribution in [3.8, 4) is 0 Å². The molecular formula is C14H24S. The van der Waals surface area contributed by atoms with Gasteiger partial charge in [-0.2, -0.15) is 0 Å². The molecule has 0 aliphatic heterocycles. The Hall–Kier alpha value is -0.300. The Bertz CT molecular complexity index is 244. The summed E-state index contributed by atoms with van der Waals surface area (Å²) < 4.78 is 0. The summed E-state index contributed by atoms with van der Waals surface area (Å²) in [6.45, 7) is 9.23. The quantitative estimate of drug-likeness (QED) is 0.643. The van der Waals surface area contributed by atoms with E-state index < -0.39 is 0 Å². The van der Waals surface area contributed by atoms with Gasteiger partial charge >= 0.3 is 0 Å². The number of aryl methyl sites for hydroxylation is 2. The van der Waals surface area contributed by atoms with Crippen LogP contribution >= 0.6 is 11.3 Å². The molecule has 0 aliphatic carbocycles. The van der Waals surface area contributed by atoms with Gasteiger partial charge in [-0.3, -0.25) is 0 Å². The van der Waals surface area contributed by atoms with E-state index in [-0.39, 0.29) is 0 Å². The first kappa shape index (κ1) is 12.8. The lowest BCUT2D eigenvalue weighted by Crippen LogP contribution is -1.96. The molecule has 0 amide bonds. The highest BCUT2D eigenvalue weighted by molar-refractivity contribution is 7.10. The van der Waals surface area contributed by atoms with E-state index in [1.807, 2.05) is 11.3 Å². The molecule has 1 rings (SSSR count). The zero-order valence-electron chi connectivity index (χ0n) is 10.5. The Kier molecular flexibility index (Phi) is 5.38. The summed E-state index contributed by atoms with van der Waals surface area (Å²) in [6.07, 6.45) is 5.21. The van der Waals surface area contributed by atoms with Crippen LogP contribution in [0.3, 0.4) is 0 Å². The van der Waals surface area contributed by atoms with Gasteiger partial charge in [0.1, 0.15) is 0 Å². The smallest absolute Gasteiger partial charge is 0.00773 e. The number of hydrogen-bond acceptors (Lipinski definition) is 1. The third-order valence-electron chi connectivity index (χ3n) is 2.78. The Morgan fingerprint density at radius 1 is 1.00 bits per heavy atom. The summed E-state index contributed by atoms with van der Waals surface area (Å²) in [5.74, 6) is 1.65. The standard InChI is InChI=1S/C14H24S/c1-11(2)5-7-13-9-10-15-14(13)8-6-12(3)4/h9-12H,5-8H2,1-4H3. The van der Waals surface area contributed by atoms with E-state index in [0.29, 0.717) is 0 Å². The van der Waals surface area contributed by atoms with E-state index in [4.69, 9.17) is 0 Å². The second-order valence-corrected chi connectivity index (χ2v) is 6.23. The van der Waals surface area contributed by atoms with Gasteiger partial charge in [0, 0.05) is 4.88 Å². The average Bonchev–Trinajstić information content (AvgIpc) is 2.58. The van der Waals surface area contributed by atoms with Crippen molar-refractivity contribution in [2.75, 3.05) is 0 Å². The first-order valence-corrected chi connectivity index (χ1v) is 7.02. The molecule has 86 valence electrons. The third kappa shape index (κ3) is 4.83. The molecule has 0 atom stereocenters. The van der Waals surface area contributed by atoms with Crippen molar-refractivity contribution in [3.05, 3.63) is 21.9 Å². The normalized spacial score (nSPS) is 11.6. The molecule has 0 saturated heterocycles. The highest BCUT2D eigenvalue weighted by Crippen LogP contribution is 2.22. The van der Waals surface area contributed by atoms with Gasteiger partial charge in [0.15, 0.2) is 0 Å². The van der Waals surface area contributed by atoms with Gasteiger partial charge < -0.3 is 0 Å². The minimum absolute atomic E-state index is 0.822. The molecule has 0 aromatic carbocycles. The monoisotopic (exact) mass is 224 g/mol. The molecule has 0 spiro atoms. The molecule has 15 heavy (non-hydrogen) atoms. The van der Waals surface area contributed by atoms with Crippen molar-refractivity contribution in [1.29, 1.82) is 0 Å². The molecule has 1 heterocycles. The Balaban J connectivity index is 2.46. The molecule has 1 heteroatoms. The van der Waals surface area contributed by atoms with Gasteiger partial charge in [-0.05, 0) is 54.5 Å². The van der Waals surface area contributed by atoms with Crippen LogP contribution in [0.5, 0.6) is 0 Å². The fourth-order valence-electron chi connectivity index (χ4n) is 1.67. The first-order valence-electron chi connectivity index (χ1n) is 6.14. The van der Waals surface area contributed by atoms with Crippen LogP contribution in [0, 0.1) is 11.8 Å². The fourth-order valence-corrected chi connectivity index (χ4v) is 2.63. The average molecular weight is 224 g/mol. The summed E-state index contributed by atoms with van der Waals surface area (Å²) in [6, 6.07) is 2.32. The molecule has 1 aromatic heterocycles. The van der Waals surface area contributed by atoms with Crippen LogP contribution in [-0.2, 0) is 12.8 Å². The van der Waals surface area contributed by atoms with Gasteiger partial charge in [-0.1, -0.05) is 27.7 Å². The van der Waals surface area contributed by atoms with E-state index in [2.05, 4.69) is 39.1 Å². The van der Waals surface area contributed by atoms with E-state index in [9.17, 15) is 0 Å². The van der Waals surface area contributed by atoms with Gasteiger partial charge in [0.25, 0.3) is 0 Å². The van der Waals surface area contributed by atoms with Crippen molar-refractivity contribution in [2.45, 2.75) is 53.4 Å². The Morgan fingerprint density at radius 3 is 2.20 bits per heavy atom. The predicted molar refractivity (Wildman–Crippen MR) is 70.6 cm³/mol. The third-order valence-corrected chi connectivity index (χ3v) is 3.80. The van der Waals surface area contributed by atoms with Gasteiger partial charge in [-0.25, -0.2) is 0 Å². The molecule has 0 aliphatic rings. The molecule has 0 nitrogen and oxygen atoms in total. The van der Waals surface area contributed by atoms with Crippen molar-refractivity contribution >= 4 is 11.3 Å². The van der Waals surface area contributed by atoms with Crippen LogP contribution in [0.1, 0.15) is 51.0 Å². The lowest BCUT2D eigenvalue weighted by molar-refractivity contribution is 0.574. The molecular weight excluding hydrogens is 200 g/mol. The molecule has 0 fully saturated rings. The van der Waals surface area contributed by atoms with Crippen LogP contribution < -0.4 is 0 Å². The van der Waals surface area contributed by atoms with Crippen molar-refractivity contribution in [3.63, 3.8) is 0 Å². The van der Waals surface area contributed by atoms with Gasteiger partial charge in [-0.15, -0.1) is 11.3 Å². The molecule has 0 saturated carbocycles. The Morgan fingerprint density at radius 2 is 1.60 bits per heavy atom. The maximum atomic E-state index is 2.32. The first-order chi connectivity index (χ1) is 7.09. The molecule has 0 N–H and O–H groups in total. The topological polar surface area (TPSA) is 0 Å². The maximum Gasteiger partial charge on any atom is 0.00773 e. The van der Waals surface area contributed by atoms with Crippen molar-refractivity contribution < 1.29 is 0 Å². The number of hydrogen-bond donors (Lipinski definition) is 0. The zero-order chi connectivity index (χ0) is 11.3. The lowest BCUT2D eigenvalue weighted by Gasteiger charge is -2.07. The van der Waals surface area contributed by atoms with Crippen LogP contribution in [0.4, 0.5) is 0 Å². The summed E-state index contributed by atoms with van der Waals surface area (Å²) in [5.41, 5.74) is 1.61. The van der Waals surface area contributed by atoms with E-state index in [1.54, 1.807) is 10.4 Å². The lowest BCUT2D eigenvalue weighted by atomic mass is 10.0. The zero-order valence-corrected chi connectivity index (χ0v) is 11.4. The second-order valence-electron chi connectivity index (χ2n) is 5.23. The van der Waals surface area contributed by atoms with E-state index >= 15 is 0 Å². The summed E-state index contributed by atoms with van der Waals surface area (Å²) in [5, 5.41) is 2.26. The molecule has 0 unspecified atom stereocenters. The van der Waals surface area contributed by atoms with Crippen LogP contribution in [0.15, 0.2) is 11.4 Å². The predicted octanol–water partition coefficient (Wildman–Crippen LogP) is 4.93. The fraction of sp³-hybridized carbons (Fsp3) is 0.714. The Labute approximate surface area is 98.7 Å². The van der Waals surface area contributed by atoms with E-state index in [1.165, 1.54) is 25.7 Å². The molecule has 0 radical (unpaired) electrons. The minimum atomic E-state index is 0.822. The van der Waals surface area contributed by atoms with E-state index in [0.717, 1.165) is 11.8 Å². The summed E-state index contributed by atoms with van der Waals surface area (Å²) >= 11 is 1.94. The van der Waals surface area contributed by atoms with Crippen molar-refractivity contribution in [2.24, 2.45) is 11.8 Å². The van der Waals surface area contributed by atoms with Crippen LogP contribution in [-0.4, -0.2) is 0 Å².